The second-order valence-electron chi connectivity index (χ2n) is 3.73. The van der Waals surface area contributed by atoms with Crippen LogP contribution in [0.15, 0.2) is 29.5 Å². The number of nitrogens with zero attached hydrogens (tertiary/aromatic N) is 2. The van der Waals surface area contributed by atoms with Crippen molar-refractivity contribution in [3.8, 4) is 0 Å². The second kappa shape index (κ2) is 4.20. The molecule has 1 aliphatic heterocycles. The maximum Gasteiger partial charge on any atom is 0.161 e. The quantitative estimate of drug-likeness (QED) is 0.794. The molecule has 5 heteroatoms. The third-order valence-corrected chi connectivity index (χ3v) is 3.38. The monoisotopic (exact) mass is 223 g/mol. The molecule has 1 aromatic heterocycles. The zero-order chi connectivity index (χ0) is 10.7. The number of rotatable bonds is 2. The lowest BCUT2D eigenvalue weighted by Crippen LogP contribution is -2.26. The molecule has 0 bridgehead atoms. The minimum absolute atomic E-state index is 0.0816. The van der Waals surface area contributed by atoms with Crippen LogP contribution in [0.1, 0.15) is 6.92 Å². The Morgan fingerprint density at radius 2 is 2.53 bits per heavy atom. The highest BCUT2D eigenvalue weighted by Crippen LogP contribution is 2.27. The average molecular weight is 223 g/mol. The molecule has 1 aliphatic rings. The lowest BCUT2D eigenvalue weighted by molar-refractivity contribution is 0.227. The Labute approximate surface area is 92.8 Å². The Hall–Kier alpha value is -1.07. The number of hydrogen-bond donors (Lipinski definition) is 2. The predicted molar refractivity (Wildman–Crippen MR) is 63.2 cm³/mol. The summed E-state index contributed by atoms with van der Waals surface area (Å²) >= 11 is 1.62. The summed E-state index contributed by atoms with van der Waals surface area (Å²) in [5.41, 5.74) is 0.584. The van der Waals surface area contributed by atoms with Gasteiger partial charge in [-0.05, 0) is 19.1 Å². The van der Waals surface area contributed by atoms with Crippen LogP contribution in [-0.4, -0.2) is 33.2 Å². The van der Waals surface area contributed by atoms with Crippen LogP contribution < -0.4 is 5.32 Å². The first-order valence-electron chi connectivity index (χ1n) is 4.72. The number of nitrogens with one attached hydrogen (secondary N) is 1. The van der Waals surface area contributed by atoms with Gasteiger partial charge in [0.05, 0.1) is 24.0 Å². The van der Waals surface area contributed by atoms with Gasteiger partial charge in [-0.3, -0.25) is 9.98 Å². The normalized spacial score (nSPS) is 25.1. The second-order valence-corrected chi connectivity index (χ2v) is 4.69. The van der Waals surface area contributed by atoms with Crippen LogP contribution in [0.5, 0.6) is 0 Å². The molecule has 0 saturated heterocycles. The molecule has 0 unspecified atom stereocenters. The van der Waals surface area contributed by atoms with Crippen molar-refractivity contribution in [2.24, 2.45) is 4.99 Å². The molecule has 2 rings (SSSR count). The molecule has 4 nitrogen and oxygen atoms in total. The van der Waals surface area contributed by atoms with Crippen LogP contribution in [0.25, 0.3) is 0 Å². The van der Waals surface area contributed by atoms with Gasteiger partial charge in [-0.1, -0.05) is 11.8 Å². The Morgan fingerprint density at radius 1 is 1.67 bits per heavy atom. The molecule has 1 atom stereocenters. The lowest BCUT2D eigenvalue weighted by Gasteiger charge is -2.14. The zero-order valence-electron chi connectivity index (χ0n) is 8.47. The van der Waals surface area contributed by atoms with Gasteiger partial charge in [-0.25, -0.2) is 0 Å². The fourth-order valence-corrected chi connectivity index (χ4v) is 2.32. The van der Waals surface area contributed by atoms with Crippen molar-refractivity contribution in [1.82, 2.24) is 4.98 Å². The van der Waals surface area contributed by atoms with E-state index in [2.05, 4.69) is 15.3 Å². The van der Waals surface area contributed by atoms with E-state index in [-0.39, 0.29) is 12.1 Å². The van der Waals surface area contributed by atoms with E-state index in [9.17, 15) is 0 Å². The highest BCUT2D eigenvalue weighted by molar-refractivity contribution is 8.14. The van der Waals surface area contributed by atoms with Crippen LogP contribution in [-0.2, 0) is 0 Å². The maximum absolute atomic E-state index is 9.15. The van der Waals surface area contributed by atoms with E-state index in [1.807, 2.05) is 19.1 Å². The van der Waals surface area contributed by atoms with Crippen molar-refractivity contribution in [2.45, 2.75) is 12.5 Å². The highest BCUT2D eigenvalue weighted by atomic mass is 32.2. The van der Waals surface area contributed by atoms with Crippen LogP contribution in [0.4, 0.5) is 5.69 Å². The Morgan fingerprint density at radius 3 is 3.13 bits per heavy atom. The van der Waals surface area contributed by atoms with Gasteiger partial charge in [-0.2, -0.15) is 0 Å². The van der Waals surface area contributed by atoms with E-state index in [0.29, 0.717) is 0 Å². The van der Waals surface area contributed by atoms with E-state index >= 15 is 0 Å². The van der Waals surface area contributed by atoms with E-state index in [1.54, 1.807) is 24.2 Å². The molecule has 0 aromatic carbocycles. The first-order chi connectivity index (χ1) is 7.22. The summed E-state index contributed by atoms with van der Waals surface area (Å²) in [5, 5.41) is 13.2. The van der Waals surface area contributed by atoms with Gasteiger partial charge in [0.25, 0.3) is 0 Å². The molecule has 0 radical (unpaired) electrons. The molecule has 0 saturated carbocycles. The molecule has 0 spiro atoms. The number of pyridine rings is 1. The average Bonchev–Trinajstić information content (AvgIpc) is 2.63. The first kappa shape index (κ1) is 10.4. The third-order valence-electron chi connectivity index (χ3n) is 2.14. The van der Waals surface area contributed by atoms with Crippen LogP contribution in [0.2, 0.25) is 0 Å². The number of anilines is 1. The molecule has 0 fully saturated rings. The van der Waals surface area contributed by atoms with Crippen molar-refractivity contribution in [1.29, 1.82) is 0 Å². The zero-order valence-corrected chi connectivity index (χ0v) is 9.29. The van der Waals surface area contributed by atoms with Crippen molar-refractivity contribution in [3.63, 3.8) is 0 Å². The summed E-state index contributed by atoms with van der Waals surface area (Å²) in [4.78, 5) is 8.43. The van der Waals surface area contributed by atoms with Gasteiger partial charge in [0.2, 0.25) is 0 Å². The Bertz CT molecular complexity index is 368. The van der Waals surface area contributed by atoms with Crippen LogP contribution >= 0.6 is 11.8 Å². The van der Waals surface area contributed by atoms with E-state index in [4.69, 9.17) is 5.11 Å². The third kappa shape index (κ3) is 2.49. The number of hydrogen-bond acceptors (Lipinski definition) is 5. The van der Waals surface area contributed by atoms with Crippen molar-refractivity contribution in [2.75, 3.05) is 17.7 Å². The van der Waals surface area contributed by atoms with E-state index in [1.165, 1.54) is 0 Å². The molecule has 15 heavy (non-hydrogen) atoms. The minimum Gasteiger partial charge on any atom is -0.394 e. The van der Waals surface area contributed by atoms with Gasteiger partial charge in [0.1, 0.15) is 0 Å². The Balaban J connectivity index is 2.06. The predicted octanol–water partition coefficient (Wildman–Crippen LogP) is 1.35. The number of amidine groups is 1. The summed E-state index contributed by atoms with van der Waals surface area (Å²) in [6, 6.07) is 3.80. The van der Waals surface area contributed by atoms with Gasteiger partial charge >= 0.3 is 0 Å². The summed E-state index contributed by atoms with van der Waals surface area (Å²) < 4.78 is 0. The highest BCUT2D eigenvalue weighted by Gasteiger charge is 2.29. The number of aliphatic hydroxyl groups is 1. The molecule has 0 aliphatic carbocycles. The standard InChI is InChI=1S/C10H13N3OS/c1-10(6-14)7-15-9(13-10)12-8-3-2-4-11-5-8/h2-5,14H,6-7H2,1H3,(H,12,13)/t10-/m1/s1. The molecule has 2 N–H and O–H groups in total. The number of aromatic nitrogens is 1. The van der Waals surface area contributed by atoms with Crippen molar-refractivity contribution >= 4 is 22.6 Å². The smallest absolute Gasteiger partial charge is 0.161 e. The SMILES string of the molecule is C[C@@]1(CO)CSC(Nc2cccnc2)=N1. The van der Waals surface area contributed by atoms with Crippen LogP contribution in [0, 0.1) is 0 Å². The van der Waals surface area contributed by atoms with Gasteiger partial charge in [-0.15, -0.1) is 0 Å². The lowest BCUT2D eigenvalue weighted by atomic mass is 10.1. The van der Waals surface area contributed by atoms with Gasteiger partial charge < -0.3 is 10.4 Å². The molecular weight excluding hydrogens is 210 g/mol. The Kier molecular flexibility index (Phi) is 2.93. The van der Waals surface area contributed by atoms with Gasteiger partial charge in [0.15, 0.2) is 5.17 Å². The van der Waals surface area contributed by atoms with Crippen molar-refractivity contribution < 1.29 is 5.11 Å². The molecule has 0 amide bonds. The first-order valence-corrected chi connectivity index (χ1v) is 5.71. The number of thioether (sulfide) groups is 1. The fourth-order valence-electron chi connectivity index (χ4n) is 1.24. The van der Waals surface area contributed by atoms with E-state index in [0.717, 1.165) is 16.6 Å². The van der Waals surface area contributed by atoms with Crippen molar-refractivity contribution in [3.05, 3.63) is 24.5 Å². The topological polar surface area (TPSA) is 57.5 Å². The minimum atomic E-state index is -0.338. The molecule has 1 aromatic rings. The number of aliphatic imine (C=N–C) groups is 1. The summed E-state index contributed by atoms with van der Waals surface area (Å²) in [7, 11) is 0. The fraction of sp³-hybridized carbons (Fsp3) is 0.400. The summed E-state index contributed by atoms with van der Waals surface area (Å²) in [5.74, 6) is 0.812. The molecule has 80 valence electrons. The number of aliphatic hydroxyl groups excluding tert-OH is 1. The van der Waals surface area contributed by atoms with E-state index < -0.39 is 0 Å². The summed E-state index contributed by atoms with van der Waals surface area (Å²) in [6.07, 6.45) is 3.48. The molecular formula is C10H13N3OS. The van der Waals surface area contributed by atoms with Crippen LogP contribution in [0.3, 0.4) is 0 Å². The van der Waals surface area contributed by atoms with Gasteiger partial charge in [0, 0.05) is 11.9 Å². The summed E-state index contributed by atoms with van der Waals surface area (Å²) in [6.45, 7) is 2.02. The largest absolute Gasteiger partial charge is 0.394 e. The maximum atomic E-state index is 9.15. The molecule has 2 heterocycles.